The highest BCUT2D eigenvalue weighted by atomic mass is 16.3. The minimum absolute atomic E-state index is 0.855. The Bertz CT molecular complexity index is 3840. The largest absolute Gasteiger partial charge is 0.456 e. The number of anilines is 3. The van der Waals surface area contributed by atoms with Crippen LogP contribution in [0.15, 0.2) is 239 Å². The SMILES string of the molecule is c1ccc(-c2ccc(N(c3ccc(-c4cccc5oc6ccccc6c45)cc3)c3cc(-c4ccccc4-n4c5ccccc5c5ccccc54)c4oc5ccccc5c4c3)cc2)cc1. The minimum Gasteiger partial charge on any atom is -0.456 e. The van der Waals surface area contributed by atoms with Gasteiger partial charge in [0.25, 0.3) is 0 Å². The third-order valence-electron chi connectivity index (χ3n) is 12.8. The van der Waals surface area contributed by atoms with Gasteiger partial charge >= 0.3 is 0 Å². The molecule has 0 amide bonds. The van der Waals surface area contributed by atoms with Gasteiger partial charge in [-0.2, -0.15) is 0 Å². The summed E-state index contributed by atoms with van der Waals surface area (Å²) in [6, 6.07) is 82.2. The van der Waals surface area contributed by atoms with Crippen LogP contribution in [0.3, 0.4) is 0 Å². The van der Waals surface area contributed by atoms with Gasteiger partial charge in [-0.25, -0.2) is 0 Å². The molecule has 0 aliphatic heterocycles. The number of furan rings is 2. The van der Waals surface area contributed by atoms with Crippen molar-refractivity contribution in [2.24, 2.45) is 0 Å². The van der Waals surface area contributed by atoms with Crippen LogP contribution in [0.4, 0.5) is 17.1 Å². The molecule has 4 nitrogen and oxygen atoms in total. The second-order valence-corrected chi connectivity index (χ2v) is 16.4. The van der Waals surface area contributed by atoms with Crippen molar-refractivity contribution in [1.29, 1.82) is 0 Å². The molecule has 0 fully saturated rings. The van der Waals surface area contributed by atoms with Gasteiger partial charge in [0.05, 0.1) is 16.7 Å². The first-order valence-corrected chi connectivity index (χ1v) is 21.7. The molecule has 300 valence electrons. The molecule has 0 N–H and O–H groups in total. The minimum atomic E-state index is 0.855. The summed E-state index contributed by atoms with van der Waals surface area (Å²) in [6.45, 7) is 0. The molecule has 4 heteroatoms. The lowest BCUT2D eigenvalue weighted by molar-refractivity contribution is 0.669. The molecule has 0 saturated carbocycles. The van der Waals surface area contributed by atoms with Crippen LogP contribution in [0, 0.1) is 0 Å². The molecule has 13 aromatic rings. The zero-order valence-electron chi connectivity index (χ0n) is 34.7. The number of rotatable bonds is 7. The smallest absolute Gasteiger partial charge is 0.143 e. The van der Waals surface area contributed by atoms with Gasteiger partial charge in [0.2, 0.25) is 0 Å². The Morgan fingerprint density at radius 2 is 0.844 bits per heavy atom. The lowest BCUT2D eigenvalue weighted by Crippen LogP contribution is -2.10. The van der Waals surface area contributed by atoms with Gasteiger partial charge in [-0.05, 0) is 95.1 Å². The summed E-state index contributed by atoms with van der Waals surface area (Å²) < 4.78 is 15.6. The van der Waals surface area contributed by atoms with Crippen molar-refractivity contribution >= 4 is 82.7 Å². The second kappa shape index (κ2) is 14.5. The fraction of sp³-hybridized carbons (Fsp3) is 0. The number of fused-ring (bicyclic) bond motifs is 9. The zero-order valence-corrected chi connectivity index (χ0v) is 34.7. The van der Waals surface area contributed by atoms with Gasteiger partial charge in [0.15, 0.2) is 0 Å². The summed E-state index contributed by atoms with van der Waals surface area (Å²) in [7, 11) is 0. The molecule has 0 atom stereocenters. The first-order valence-electron chi connectivity index (χ1n) is 21.7. The van der Waals surface area contributed by atoms with Crippen molar-refractivity contribution in [3.8, 4) is 39.1 Å². The average Bonchev–Trinajstić information content (AvgIpc) is 4.05. The molecular weight excluding hydrogens is 781 g/mol. The van der Waals surface area contributed by atoms with Gasteiger partial charge in [0.1, 0.15) is 22.3 Å². The molecule has 3 heterocycles. The monoisotopic (exact) mass is 818 g/mol. The molecule has 0 unspecified atom stereocenters. The fourth-order valence-corrected chi connectivity index (χ4v) is 9.91. The molecule has 0 aliphatic rings. The molecule has 3 aromatic heterocycles. The maximum absolute atomic E-state index is 6.88. The lowest BCUT2D eigenvalue weighted by atomic mass is 9.97. The molecule has 10 aromatic carbocycles. The first-order chi connectivity index (χ1) is 31.7. The van der Waals surface area contributed by atoms with E-state index in [-0.39, 0.29) is 0 Å². The summed E-state index contributed by atoms with van der Waals surface area (Å²) in [4.78, 5) is 2.38. The van der Waals surface area contributed by atoms with Crippen LogP contribution in [0.1, 0.15) is 0 Å². The molecule has 0 bridgehead atoms. The maximum Gasteiger partial charge on any atom is 0.143 e. The highest BCUT2D eigenvalue weighted by Gasteiger charge is 2.23. The fourth-order valence-electron chi connectivity index (χ4n) is 9.91. The van der Waals surface area contributed by atoms with Crippen LogP contribution in [-0.4, -0.2) is 4.57 Å². The van der Waals surface area contributed by atoms with Gasteiger partial charge in [-0.3, -0.25) is 0 Å². The Labute approximate surface area is 369 Å². The van der Waals surface area contributed by atoms with Gasteiger partial charge < -0.3 is 18.3 Å². The van der Waals surface area contributed by atoms with E-state index in [1.807, 2.05) is 18.2 Å². The molecule has 0 spiro atoms. The van der Waals surface area contributed by atoms with E-state index in [0.29, 0.717) is 0 Å². The van der Waals surface area contributed by atoms with Crippen molar-refractivity contribution in [1.82, 2.24) is 4.57 Å². The van der Waals surface area contributed by atoms with E-state index in [4.69, 9.17) is 8.83 Å². The molecule has 0 aliphatic carbocycles. The molecule has 64 heavy (non-hydrogen) atoms. The highest BCUT2D eigenvalue weighted by Crippen LogP contribution is 2.46. The Morgan fingerprint density at radius 1 is 0.312 bits per heavy atom. The summed E-state index contributed by atoms with van der Waals surface area (Å²) in [5, 5.41) is 6.82. The number of nitrogens with zero attached hydrogens (tertiary/aromatic N) is 2. The van der Waals surface area contributed by atoms with Crippen molar-refractivity contribution in [3.05, 3.63) is 231 Å². The van der Waals surface area contributed by atoms with Crippen LogP contribution in [0.5, 0.6) is 0 Å². The van der Waals surface area contributed by atoms with E-state index < -0.39 is 0 Å². The predicted molar refractivity (Wildman–Crippen MR) is 266 cm³/mol. The first kappa shape index (κ1) is 36.1. The summed E-state index contributed by atoms with van der Waals surface area (Å²) in [5.74, 6) is 0. The number of hydrogen-bond donors (Lipinski definition) is 0. The zero-order chi connectivity index (χ0) is 42.1. The maximum atomic E-state index is 6.88. The van der Waals surface area contributed by atoms with Crippen molar-refractivity contribution in [3.63, 3.8) is 0 Å². The predicted octanol–water partition coefficient (Wildman–Crippen LogP) is 17.1. The standard InChI is InChI=1S/C60H38N2O2/c1-2-15-39(16-3-1)40-29-33-42(34-30-40)61(43-35-31-41(32-36-43)45-22-14-28-58-59(45)50-21-8-13-27-57(50)63-58)44-37-51(60-52(38-44)49-20-7-12-26-56(49)64-60)48-19-6-11-25-55(48)62-53-23-9-4-17-46(53)47-18-5-10-24-54(47)62/h1-38H. The van der Waals surface area contributed by atoms with Crippen molar-refractivity contribution in [2.75, 3.05) is 4.90 Å². The quantitative estimate of drug-likeness (QED) is 0.161. The number of hydrogen-bond acceptors (Lipinski definition) is 3. The lowest BCUT2D eigenvalue weighted by Gasteiger charge is -2.27. The van der Waals surface area contributed by atoms with Crippen molar-refractivity contribution in [2.45, 2.75) is 0 Å². The second-order valence-electron chi connectivity index (χ2n) is 16.4. The van der Waals surface area contributed by atoms with E-state index in [2.05, 4.69) is 222 Å². The van der Waals surface area contributed by atoms with Gasteiger partial charge in [0, 0.05) is 60.5 Å². The molecule has 0 radical (unpaired) electrons. The van der Waals surface area contributed by atoms with Crippen LogP contribution in [0.2, 0.25) is 0 Å². The van der Waals surface area contributed by atoms with Crippen molar-refractivity contribution < 1.29 is 8.83 Å². The molecule has 0 saturated heterocycles. The van der Waals surface area contributed by atoms with Crippen LogP contribution >= 0.6 is 0 Å². The van der Waals surface area contributed by atoms with E-state index in [9.17, 15) is 0 Å². The van der Waals surface area contributed by atoms with E-state index in [0.717, 1.165) is 105 Å². The van der Waals surface area contributed by atoms with E-state index >= 15 is 0 Å². The van der Waals surface area contributed by atoms with Crippen LogP contribution < -0.4 is 4.90 Å². The molecule has 13 rings (SSSR count). The Balaban J connectivity index is 1.04. The number of para-hydroxylation sites is 5. The summed E-state index contributed by atoms with van der Waals surface area (Å²) in [5.41, 5.74) is 16.7. The third-order valence-corrected chi connectivity index (χ3v) is 12.8. The van der Waals surface area contributed by atoms with Gasteiger partial charge in [-0.15, -0.1) is 0 Å². The van der Waals surface area contributed by atoms with E-state index in [1.165, 1.54) is 16.3 Å². The summed E-state index contributed by atoms with van der Waals surface area (Å²) >= 11 is 0. The van der Waals surface area contributed by atoms with E-state index in [1.54, 1.807) is 0 Å². The Kier molecular flexibility index (Phi) is 8.18. The highest BCUT2D eigenvalue weighted by molar-refractivity contribution is 6.15. The topological polar surface area (TPSA) is 34.5 Å². The average molecular weight is 819 g/mol. The Hall–Kier alpha value is -8.60. The van der Waals surface area contributed by atoms with Crippen LogP contribution in [0.25, 0.3) is 105 Å². The molecular formula is C60H38N2O2. The number of benzene rings is 10. The normalized spacial score (nSPS) is 11.8. The van der Waals surface area contributed by atoms with Crippen LogP contribution in [-0.2, 0) is 0 Å². The van der Waals surface area contributed by atoms with Gasteiger partial charge in [-0.1, -0.05) is 158 Å². The third kappa shape index (κ3) is 5.70. The Morgan fingerprint density at radius 3 is 1.56 bits per heavy atom. The summed E-state index contributed by atoms with van der Waals surface area (Å²) in [6.07, 6.45) is 0. The number of aromatic nitrogens is 1.